The van der Waals surface area contributed by atoms with Crippen molar-refractivity contribution < 1.29 is 14.3 Å². The number of amides is 1. The third kappa shape index (κ3) is 3.57. The number of esters is 1. The largest absolute Gasteiger partial charge is 0.462 e. The van der Waals surface area contributed by atoms with Crippen LogP contribution in [0.1, 0.15) is 68.8 Å². The highest BCUT2D eigenvalue weighted by Gasteiger charge is 2.31. The molecule has 0 saturated heterocycles. The molecule has 0 bridgehead atoms. The van der Waals surface area contributed by atoms with Crippen molar-refractivity contribution in [1.29, 1.82) is 0 Å². The fourth-order valence-corrected chi connectivity index (χ4v) is 4.10. The number of rotatable bonds is 5. The second-order valence-electron chi connectivity index (χ2n) is 7.39. The van der Waals surface area contributed by atoms with Crippen LogP contribution in [0.25, 0.3) is 22.2 Å². The Morgan fingerprint density at radius 1 is 1.10 bits per heavy atom. The standard InChI is InChI=1S/C22H26N4O3/c1-3-17(27)25-20-18(22(28)29-4-2)19-21(26(20)14-10-6-5-7-11-14)24-16-13-9-8-12-15(16)23-19/h8-9,12-14H,3-7,10-11H2,1-2H3,(H,25,27). The summed E-state index contributed by atoms with van der Waals surface area (Å²) >= 11 is 0. The number of aromatic nitrogens is 3. The summed E-state index contributed by atoms with van der Waals surface area (Å²) in [4.78, 5) is 34.9. The Balaban J connectivity index is 2.03. The molecule has 0 unspecified atom stereocenters. The first-order chi connectivity index (χ1) is 14.1. The molecular formula is C22H26N4O3. The lowest BCUT2D eigenvalue weighted by atomic mass is 9.95. The van der Waals surface area contributed by atoms with E-state index in [0.29, 0.717) is 34.5 Å². The number of carbonyl (C=O) groups excluding carboxylic acids is 2. The van der Waals surface area contributed by atoms with E-state index in [1.807, 2.05) is 28.8 Å². The molecule has 1 N–H and O–H groups in total. The van der Waals surface area contributed by atoms with Crippen molar-refractivity contribution in [2.75, 3.05) is 11.9 Å². The molecule has 2 aromatic heterocycles. The van der Waals surface area contributed by atoms with E-state index >= 15 is 0 Å². The van der Waals surface area contributed by atoms with Gasteiger partial charge in [-0.1, -0.05) is 38.3 Å². The third-order valence-corrected chi connectivity index (χ3v) is 5.49. The zero-order chi connectivity index (χ0) is 20.4. The number of benzene rings is 1. The molecule has 1 aliphatic carbocycles. The van der Waals surface area contributed by atoms with E-state index in [1.165, 1.54) is 6.42 Å². The van der Waals surface area contributed by atoms with E-state index in [4.69, 9.17) is 14.7 Å². The van der Waals surface area contributed by atoms with Gasteiger partial charge < -0.3 is 14.6 Å². The molecule has 152 valence electrons. The van der Waals surface area contributed by atoms with Crippen LogP contribution in [0.3, 0.4) is 0 Å². The van der Waals surface area contributed by atoms with E-state index < -0.39 is 5.97 Å². The topological polar surface area (TPSA) is 86.1 Å². The minimum Gasteiger partial charge on any atom is -0.462 e. The highest BCUT2D eigenvalue weighted by molar-refractivity contribution is 6.11. The number of hydrogen-bond acceptors (Lipinski definition) is 5. The fraction of sp³-hybridized carbons (Fsp3) is 0.455. The molecule has 1 amide bonds. The molecule has 1 saturated carbocycles. The molecule has 0 spiro atoms. The van der Waals surface area contributed by atoms with Gasteiger partial charge in [-0.15, -0.1) is 0 Å². The molecule has 4 rings (SSSR count). The van der Waals surface area contributed by atoms with Gasteiger partial charge in [-0.3, -0.25) is 4.79 Å². The molecule has 0 aliphatic heterocycles. The second-order valence-corrected chi connectivity index (χ2v) is 7.39. The van der Waals surface area contributed by atoms with Gasteiger partial charge in [0, 0.05) is 12.5 Å². The summed E-state index contributed by atoms with van der Waals surface area (Å²) in [7, 11) is 0. The number of ether oxygens (including phenoxy) is 1. The van der Waals surface area contributed by atoms with Gasteiger partial charge in [0.1, 0.15) is 16.9 Å². The van der Waals surface area contributed by atoms with Crippen molar-refractivity contribution in [3.05, 3.63) is 29.8 Å². The quantitative estimate of drug-likeness (QED) is 0.639. The number of fused-ring (bicyclic) bond motifs is 2. The Bertz CT molecular complexity index is 1070. The van der Waals surface area contributed by atoms with Gasteiger partial charge in [-0.25, -0.2) is 14.8 Å². The normalized spacial score (nSPS) is 15.0. The smallest absolute Gasteiger partial charge is 0.344 e. The molecule has 3 aromatic rings. The van der Waals surface area contributed by atoms with Crippen LogP contribution in [0.5, 0.6) is 0 Å². The molecule has 2 heterocycles. The van der Waals surface area contributed by atoms with Crippen molar-refractivity contribution in [2.45, 2.75) is 58.4 Å². The first kappa shape index (κ1) is 19.4. The predicted molar refractivity (Wildman–Crippen MR) is 112 cm³/mol. The maximum atomic E-state index is 12.9. The molecule has 29 heavy (non-hydrogen) atoms. The Morgan fingerprint density at radius 2 is 1.79 bits per heavy atom. The summed E-state index contributed by atoms with van der Waals surface area (Å²) in [6, 6.07) is 7.76. The summed E-state index contributed by atoms with van der Waals surface area (Å²) in [5.41, 5.74) is 2.88. The molecule has 0 radical (unpaired) electrons. The second kappa shape index (κ2) is 8.19. The number of carbonyl (C=O) groups is 2. The number of para-hydroxylation sites is 2. The Labute approximate surface area is 169 Å². The molecule has 7 heteroatoms. The Kier molecular flexibility index (Phi) is 5.47. The average Bonchev–Trinajstić information content (AvgIpc) is 3.05. The van der Waals surface area contributed by atoms with Crippen LogP contribution >= 0.6 is 0 Å². The van der Waals surface area contributed by atoms with Crippen molar-refractivity contribution in [1.82, 2.24) is 14.5 Å². The fourth-order valence-electron chi connectivity index (χ4n) is 4.10. The summed E-state index contributed by atoms with van der Waals surface area (Å²) in [5.74, 6) is -0.171. The van der Waals surface area contributed by atoms with Crippen molar-refractivity contribution in [2.24, 2.45) is 0 Å². The van der Waals surface area contributed by atoms with Crippen LogP contribution in [0.15, 0.2) is 24.3 Å². The van der Waals surface area contributed by atoms with E-state index in [-0.39, 0.29) is 18.6 Å². The molecular weight excluding hydrogens is 368 g/mol. The monoisotopic (exact) mass is 394 g/mol. The van der Waals surface area contributed by atoms with E-state index in [9.17, 15) is 9.59 Å². The van der Waals surface area contributed by atoms with E-state index in [1.54, 1.807) is 13.8 Å². The lowest BCUT2D eigenvalue weighted by molar-refractivity contribution is -0.115. The van der Waals surface area contributed by atoms with Crippen LogP contribution in [0, 0.1) is 0 Å². The SMILES string of the molecule is CCOC(=O)c1c(NC(=O)CC)n(C2CCCCC2)c2nc3ccccc3nc12. The molecule has 1 fully saturated rings. The number of hydrogen-bond donors (Lipinski definition) is 1. The van der Waals surface area contributed by atoms with Gasteiger partial charge in [0.2, 0.25) is 5.91 Å². The van der Waals surface area contributed by atoms with Crippen LogP contribution in [0.2, 0.25) is 0 Å². The highest BCUT2D eigenvalue weighted by Crippen LogP contribution is 2.38. The summed E-state index contributed by atoms with van der Waals surface area (Å²) < 4.78 is 7.35. The minimum absolute atomic E-state index is 0.153. The van der Waals surface area contributed by atoms with Gasteiger partial charge in [0.15, 0.2) is 5.65 Å². The minimum atomic E-state index is -0.483. The van der Waals surface area contributed by atoms with Gasteiger partial charge in [0.25, 0.3) is 0 Å². The van der Waals surface area contributed by atoms with Crippen molar-refractivity contribution in [3.63, 3.8) is 0 Å². The maximum Gasteiger partial charge on any atom is 0.344 e. The maximum absolute atomic E-state index is 12.9. The summed E-state index contributed by atoms with van der Waals surface area (Å²) in [5, 5.41) is 2.95. The van der Waals surface area contributed by atoms with Crippen molar-refractivity contribution in [3.8, 4) is 0 Å². The number of nitrogens with one attached hydrogen (secondary N) is 1. The van der Waals surface area contributed by atoms with Gasteiger partial charge >= 0.3 is 5.97 Å². The van der Waals surface area contributed by atoms with Crippen LogP contribution in [-0.4, -0.2) is 33.0 Å². The van der Waals surface area contributed by atoms with Gasteiger partial charge in [0.05, 0.1) is 17.6 Å². The molecule has 0 atom stereocenters. The van der Waals surface area contributed by atoms with Crippen LogP contribution in [-0.2, 0) is 9.53 Å². The zero-order valence-electron chi connectivity index (χ0n) is 16.9. The summed E-state index contributed by atoms with van der Waals surface area (Å²) in [6.45, 7) is 3.80. The van der Waals surface area contributed by atoms with Crippen LogP contribution in [0.4, 0.5) is 5.82 Å². The number of anilines is 1. The first-order valence-electron chi connectivity index (χ1n) is 10.4. The van der Waals surface area contributed by atoms with E-state index in [2.05, 4.69) is 5.32 Å². The van der Waals surface area contributed by atoms with E-state index in [0.717, 1.165) is 31.2 Å². The number of nitrogens with zero attached hydrogens (tertiary/aromatic N) is 3. The van der Waals surface area contributed by atoms with Gasteiger partial charge in [-0.05, 0) is 31.9 Å². The molecule has 1 aliphatic rings. The van der Waals surface area contributed by atoms with Crippen molar-refractivity contribution >= 4 is 39.9 Å². The lowest BCUT2D eigenvalue weighted by Gasteiger charge is -2.26. The lowest BCUT2D eigenvalue weighted by Crippen LogP contribution is -2.21. The Hall–Kier alpha value is -2.96. The van der Waals surface area contributed by atoms with Crippen LogP contribution < -0.4 is 5.32 Å². The Morgan fingerprint density at radius 3 is 2.45 bits per heavy atom. The highest BCUT2D eigenvalue weighted by atomic mass is 16.5. The zero-order valence-corrected chi connectivity index (χ0v) is 16.9. The third-order valence-electron chi connectivity index (χ3n) is 5.49. The molecule has 1 aromatic carbocycles. The predicted octanol–water partition coefficient (Wildman–Crippen LogP) is 4.61. The average molecular weight is 394 g/mol. The first-order valence-corrected chi connectivity index (χ1v) is 10.4. The summed E-state index contributed by atoms with van der Waals surface area (Å²) in [6.07, 6.45) is 5.70. The van der Waals surface area contributed by atoms with Gasteiger partial charge in [-0.2, -0.15) is 0 Å². The molecule has 7 nitrogen and oxygen atoms in total.